The second-order valence-electron chi connectivity index (χ2n) is 7.35. The van der Waals surface area contributed by atoms with Gasteiger partial charge in [-0.1, -0.05) is 17.4 Å². The summed E-state index contributed by atoms with van der Waals surface area (Å²) < 4.78 is 3.97. The summed E-state index contributed by atoms with van der Waals surface area (Å²) in [6.45, 7) is 4.05. The summed E-state index contributed by atoms with van der Waals surface area (Å²) in [7, 11) is 0. The van der Waals surface area contributed by atoms with Crippen molar-refractivity contribution in [1.82, 2.24) is 34.0 Å². The maximum absolute atomic E-state index is 4.79. The molecule has 0 saturated heterocycles. The van der Waals surface area contributed by atoms with Gasteiger partial charge in [0, 0.05) is 30.6 Å². The van der Waals surface area contributed by atoms with E-state index in [1.807, 2.05) is 46.4 Å². The highest BCUT2D eigenvalue weighted by atomic mass is 32.1. The Morgan fingerprint density at radius 1 is 1.03 bits per heavy atom. The fourth-order valence-corrected chi connectivity index (χ4v) is 4.77. The number of thiazole rings is 1. The van der Waals surface area contributed by atoms with Crippen molar-refractivity contribution >= 4 is 32.8 Å². The van der Waals surface area contributed by atoms with Crippen LogP contribution in [0.3, 0.4) is 0 Å². The first-order valence-electron chi connectivity index (χ1n) is 9.65. The lowest BCUT2D eigenvalue weighted by atomic mass is 10.1. The van der Waals surface area contributed by atoms with Crippen LogP contribution in [0.5, 0.6) is 0 Å². The first-order chi connectivity index (χ1) is 14.7. The van der Waals surface area contributed by atoms with Crippen LogP contribution in [-0.4, -0.2) is 34.0 Å². The molecule has 0 radical (unpaired) electrons. The van der Waals surface area contributed by atoms with Gasteiger partial charge in [-0.05, 0) is 43.7 Å². The van der Waals surface area contributed by atoms with Gasteiger partial charge in [-0.2, -0.15) is 5.10 Å². The Balaban J connectivity index is 1.41. The highest BCUT2D eigenvalue weighted by Gasteiger charge is 2.17. The molecule has 0 amide bonds. The maximum Gasteiger partial charge on any atom is 0.147 e. The van der Waals surface area contributed by atoms with E-state index in [9.17, 15) is 0 Å². The molecule has 6 aromatic heterocycles. The first kappa shape index (κ1) is 17.2. The molecule has 0 aromatic carbocycles. The molecule has 0 aliphatic rings. The van der Waals surface area contributed by atoms with Gasteiger partial charge in [-0.3, -0.25) is 0 Å². The number of hydrogen-bond donors (Lipinski definition) is 0. The molecule has 0 bridgehead atoms. The fraction of sp³-hybridized carbons (Fsp3) is 0.136. The van der Waals surface area contributed by atoms with Crippen molar-refractivity contribution in [3.05, 3.63) is 77.8 Å². The van der Waals surface area contributed by atoms with E-state index in [1.54, 1.807) is 17.7 Å². The van der Waals surface area contributed by atoms with E-state index in [0.29, 0.717) is 0 Å². The van der Waals surface area contributed by atoms with Gasteiger partial charge in [0.1, 0.15) is 33.0 Å². The minimum Gasteiger partial charge on any atom is -0.307 e. The minimum absolute atomic E-state index is 0.772. The summed E-state index contributed by atoms with van der Waals surface area (Å²) in [5.41, 5.74) is 8.02. The summed E-state index contributed by atoms with van der Waals surface area (Å²) in [5.74, 6) is 0. The molecule has 0 atom stereocenters. The second kappa shape index (κ2) is 6.43. The van der Waals surface area contributed by atoms with E-state index in [2.05, 4.69) is 35.2 Å². The Morgan fingerprint density at radius 2 is 1.97 bits per heavy atom. The quantitative estimate of drug-likeness (QED) is 0.435. The number of imidazole rings is 1. The molecule has 7 nitrogen and oxygen atoms in total. The number of nitrogens with zero attached hydrogens (tertiary/aromatic N) is 7. The van der Waals surface area contributed by atoms with Crippen molar-refractivity contribution in [2.45, 2.75) is 20.3 Å². The van der Waals surface area contributed by atoms with Gasteiger partial charge < -0.3 is 4.40 Å². The van der Waals surface area contributed by atoms with E-state index in [4.69, 9.17) is 15.1 Å². The minimum atomic E-state index is 0.772. The summed E-state index contributed by atoms with van der Waals surface area (Å²) in [6, 6.07) is 10.3. The molecule has 0 aliphatic heterocycles. The third kappa shape index (κ3) is 2.68. The zero-order valence-corrected chi connectivity index (χ0v) is 17.3. The van der Waals surface area contributed by atoms with E-state index in [1.165, 1.54) is 5.56 Å². The Kier molecular flexibility index (Phi) is 3.69. The lowest BCUT2D eigenvalue weighted by Gasteiger charge is -2.00. The lowest BCUT2D eigenvalue weighted by molar-refractivity contribution is 0.955. The van der Waals surface area contributed by atoms with E-state index >= 15 is 0 Å². The second-order valence-corrected chi connectivity index (χ2v) is 8.32. The SMILES string of the molecule is Cc1ncnc2sc(-c3nn4ccc(Cc5cn6ccccc6n5)cc4c3C)nc12. The molecule has 0 N–H and O–H groups in total. The smallest absolute Gasteiger partial charge is 0.147 e. The van der Waals surface area contributed by atoms with Crippen molar-refractivity contribution in [3.8, 4) is 10.7 Å². The molecule has 0 fully saturated rings. The van der Waals surface area contributed by atoms with Crippen molar-refractivity contribution in [2.75, 3.05) is 0 Å². The van der Waals surface area contributed by atoms with Crippen LogP contribution >= 0.6 is 11.3 Å². The highest BCUT2D eigenvalue weighted by Crippen LogP contribution is 2.32. The molecule has 0 spiro atoms. The Morgan fingerprint density at radius 3 is 2.83 bits per heavy atom. The monoisotopic (exact) mass is 411 g/mol. The summed E-state index contributed by atoms with van der Waals surface area (Å²) in [6.07, 6.45) is 8.47. The van der Waals surface area contributed by atoms with Crippen LogP contribution in [0.2, 0.25) is 0 Å². The van der Waals surface area contributed by atoms with Crippen molar-refractivity contribution < 1.29 is 0 Å². The molecule has 146 valence electrons. The predicted octanol–water partition coefficient (Wildman–Crippen LogP) is 4.26. The molecule has 0 unspecified atom stereocenters. The predicted molar refractivity (Wildman–Crippen MR) is 117 cm³/mol. The van der Waals surface area contributed by atoms with Crippen LogP contribution in [0.25, 0.3) is 32.2 Å². The topological polar surface area (TPSA) is 73.3 Å². The zero-order valence-electron chi connectivity index (χ0n) is 16.4. The molecule has 6 aromatic rings. The van der Waals surface area contributed by atoms with Crippen LogP contribution in [-0.2, 0) is 6.42 Å². The standard InChI is InChI=1S/C22H17N7S/c1-13-17-10-15(9-16-11-28-7-4-3-5-18(28)25-16)6-8-29(17)27-19(13)22-26-20-14(2)23-12-24-21(20)30-22/h3-8,10-12H,9H2,1-2H3. The molecule has 6 heterocycles. The van der Waals surface area contributed by atoms with Gasteiger partial charge in [0.15, 0.2) is 0 Å². The van der Waals surface area contributed by atoms with Gasteiger partial charge in [-0.15, -0.1) is 0 Å². The van der Waals surface area contributed by atoms with Gasteiger partial charge in [-0.25, -0.2) is 24.5 Å². The number of rotatable bonds is 3. The van der Waals surface area contributed by atoms with Crippen LogP contribution in [0.4, 0.5) is 0 Å². The zero-order chi connectivity index (χ0) is 20.2. The van der Waals surface area contributed by atoms with Crippen LogP contribution in [0.15, 0.2) is 55.2 Å². The van der Waals surface area contributed by atoms with Crippen molar-refractivity contribution in [3.63, 3.8) is 0 Å². The van der Waals surface area contributed by atoms with Gasteiger partial charge in [0.25, 0.3) is 0 Å². The summed E-state index contributed by atoms with van der Waals surface area (Å²) >= 11 is 1.55. The molecule has 0 saturated carbocycles. The van der Waals surface area contributed by atoms with Gasteiger partial charge in [0.2, 0.25) is 0 Å². The maximum atomic E-state index is 4.79. The van der Waals surface area contributed by atoms with Gasteiger partial charge >= 0.3 is 0 Å². The molecule has 30 heavy (non-hydrogen) atoms. The molecular weight excluding hydrogens is 394 g/mol. The molecule has 8 heteroatoms. The van der Waals surface area contributed by atoms with Crippen LogP contribution < -0.4 is 0 Å². The Bertz CT molecular complexity index is 1520. The molecule has 0 aliphatic carbocycles. The van der Waals surface area contributed by atoms with E-state index < -0.39 is 0 Å². The number of hydrogen-bond acceptors (Lipinski definition) is 6. The fourth-order valence-electron chi connectivity index (χ4n) is 3.77. The average molecular weight is 411 g/mol. The number of aromatic nitrogens is 7. The summed E-state index contributed by atoms with van der Waals surface area (Å²) in [5, 5.41) is 5.66. The van der Waals surface area contributed by atoms with Crippen LogP contribution in [0.1, 0.15) is 22.5 Å². The van der Waals surface area contributed by atoms with E-state index in [0.717, 1.165) is 55.6 Å². The van der Waals surface area contributed by atoms with E-state index in [-0.39, 0.29) is 0 Å². The Labute approximate surface area is 175 Å². The number of aryl methyl sites for hydroxylation is 2. The first-order valence-corrected chi connectivity index (χ1v) is 10.5. The van der Waals surface area contributed by atoms with Gasteiger partial charge in [0.05, 0.1) is 16.9 Å². The largest absolute Gasteiger partial charge is 0.307 e. The van der Waals surface area contributed by atoms with Crippen molar-refractivity contribution in [1.29, 1.82) is 0 Å². The number of fused-ring (bicyclic) bond motifs is 3. The van der Waals surface area contributed by atoms with Crippen molar-refractivity contribution in [2.24, 2.45) is 0 Å². The highest BCUT2D eigenvalue weighted by molar-refractivity contribution is 7.21. The summed E-state index contributed by atoms with van der Waals surface area (Å²) in [4.78, 5) is 19.0. The molecule has 6 rings (SSSR count). The Hall–Kier alpha value is -3.65. The average Bonchev–Trinajstić information content (AvgIpc) is 3.44. The normalized spacial score (nSPS) is 11.8. The lowest BCUT2D eigenvalue weighted by Crippen LogP contribution is -1.92. The third-order valence-corrected chi connectivity index (χ3v) is 6.30. The third-order valence-electron chi connectivity index (χ3n) is 5.33. The van der Waals surface area contributed by atoms with Crippen LogP contribution in [0, 0.1) is 13.8 Å². The number of pyridine rings is 2. The molecular formula is C22H17N7S.